The SMILES string of the molecule is O=[N+]([O-])c1cc(N=Nc2c(O)ccc3oc4ccccc4c23)c(O)c(S(=O)(=O)O)c1. The van der Waals surface area contributed by atoms with Gasteiger partial charge in [-0.1, -0.05) is 18.2 Å². The van der Waals surface area contributed by atoms with Crippen LogP contribution in [0.5, 0.6) is 11.5 Å². The number of nitro benzene ring substituents is 1. The fourth-order valence-corrected chi connectivity index (χ4v) is 3.57. The van der Waals surface area contributed by atoms with Crippen LogP contribution in [0.4, 0.5) is 17.1 Å². The average Bonchev–Trinajstić information content (AvgIpc) is 3.06. The number of hydrogen-bond donors (Lipinski definition) is 3. The van der Waals surface area contributed by atoms with Crippen molar-refractivity contribution in [3.8, 4) is 11.5 Å². The van der Waals surface area contributed by atoms with Crippen molar-refractivity contribution in [2.45, 2.75) is 4.90 Å². The molecule has 0 unspecified atom stereocenters. The van der Waals surface area contributed by atoms with E-state index in [1.165, 1.54) is 12.1 Å². The molecule has 0 saturated carbocycles. The molecule has 0 saturated heterocycles. The number of para-hydroxylation sites is 1. The third-order valence-electron chi connectivity index (χ3n) is 4.28. The van der Waals surface area contributed by atoms with Gasteiger partial charge in [-0.05, 0) is 18.2 Å². The molecular formula is C18H11N3O8S. The maximum atomic E-state index is 11.4. The zero-order valence-corrected chi connectivity index (χ0v) is 15.6. The minimum absolute atomic E-state index is 0.0586. The van der Waals surface area contributed by atoms with Crippen LogP contribution in [-0.2, 0) is 10.1 Å². The molecule has 0 atom stereocenters. The molecule has 0 spiro atoms. The van der Waals surface area contributed by atoms with Gasteiger partial charge in [-0.15, -0.1) is 10.2 Å². The number of nitro groups is 1. The van der Waals surface area contributed by atoms with Crippen LogP contribution in [0.25, 0.3) is 21.9 Å². The predicted molar refractivity (Wildman–Crippen MR) is 104 cm³/mol. The Kier molecular flexibility index (Phi) is 4.37. The lowest BCUT2D eigenvalue weighted by Gasteiger charge is -2.05. The molecule has 3 N–H and O–H groups in total. The molecule has 0 aliphatic carbocycles. The van der Waals surface area contributed by atoms with E-state index in [-0.39, 0.29) is 11.4 Å². The molecule has 1 aromatic heterocycles. The van der Waals surface area contributed by atoms with E-state index in [1.807, 2.05) is 0 Å². The topological polar surface area (TPSA) is 176 Å². The van der Waals surface area contributed by atoms with Gasteiger partial charge in [0.15, 0.2) is 5.75 Å². The lowest BCUT2D eigenvalue weighted by Crippen LogP contribution is -2.00. The van der Waals surface area contributed by atoms with Crippen molar-refractivity contribution in [3.63, 3.8) is 0 Å². The molecule has 0 aliphatic rings. The van der Waals surface area contributed by atoms with Gasteiger partial charge in [0, 0.05) is 17.5 Å². The largest absolute Gasteiger partial charge is 0.506 e. The maximum absolute atomic E-state index is 11.4. The van der Waals surface area contributed by atoms with E-state index in [0.29, 0.717) is 28.0 Å². The zero-order valence-electron chi connectivity index (χ0n) is 14.8. The van der Waals surface area contributed by atoms with Crippen molar-refractivity contribution >= 4 is 49.1 Å². The highest BCUT2D eigenvalue weighted by Gasteiger charge is 2.24. The van der Waals surface area contributed by atoms with Gasteiger partial charge in [0.1, 0.15) is 33.2 Å². The van der Waals surface area contributed by atoms with Crippen LogP contribution < -0.4 is 0 Å². The first kappa shape index (κ1) is 19.3. The van der Waals surface area contributed by atoms with E-state index in [2.05, 4.69) is 10.2 Å². The molecule has 1 heterocycles. The van der Waals surface area contributed by atoms with Crippen molar-refractivity contribution < 1.29 is 32.5 Å². The number of phenolic OH excluding ortho intramolecular Hbond substituents is 2. The minimum atomic E-state index is -4.98. The smallest absolute Gasteiger partial charge is 0.298 e. The van der Waals surface area contributed by atoms with Crippen molar-refractivity contribution in [2.75, 3.05) is 0 Å². The Hall–Kier alpha value is -4.03. The number of benzene rings is 3. The number of phenols is 2. The van der Waals surface area contributed by atoms with E-state index in [0.717, 1.165) is 6.07 Å². The molecule has 11 nitrogen and oxygen atoms in total. The third-order valence-corrected chi connectivity index (χ3v) is 5.15. The number of hydrogen-bond acceptors (Lipinski definition) is 9. The standard InChI is InChI=1S/C18H11N3O8S/c22-12-5-6-14-16(10-3-1-2-4-13(10)29-14)17(12)20-19-11-7-9(21(24)25)8-15(18(11)23)30(26,27)28/h1-8,22-23H,(H,26,27,28). The molecule has 0 fully saturated rings. The average molecular weight is 429 g/mol. The van der Waals surface area contributed by atoms with Crippen molar-refractivity contribution in [3.05, 3.63) is 58.6 Å². The Bertz CT molecular complexity index is 1470. The Morgan fingerprint density at radius 2 is 1.73 bits per heavy atom. The Balaban J connectivity index is 1.95. The highest BCUT2D eigenvalue weighted by atomic mass is 32.2. The molecule has 0 bridgehead atoms. The number of rotatable bonds is 4. The van der Waals surface area contributed by atoms with E-state index in [1.54, 1.807) is 24.3 Å². The number of fused-ring (bicyclic) bond motifs is 3. The summed E-state index contributed by atoms with van der Waals surface area (Å²) in [4.78, 5) is 9.06. The van der Waals surface area contributed by atoms with Crippen LogP contribution in [0.15, 0.2) is 68.1 Å². The summed E-state index contributed by atoms with van der Waals surface area (Å²) in [6, 6.07) is 11.0. The first-order valence-electron chi connectivity index (χ1n) is 8.20. The summed E-state index contributed by atoms with van der Waals surface area (Å²) in [5.41, 5.74) is -0.505. The van der Waals surface area contributed by atoms with E-state index in [9.17, 15) is 33.3 Å². The second-order valence-corrected chi connectivity index (χ2v) is 7.54. The van der Waals surface area contributed by atoms with Gasteiger partial charge >= 0.3 is 0 Å². The van der Waals surface area contributed by atoms with Crippen molar-refractivity contribution in [1.29, 1.82) is 0 Å². The van der Waals surface area contributed by atoms with Crippen LogP contribution >= 0.6 is 0 Å². The number of nitrogens with zero attached hydrogens (tertiary/aromatic N) is 3. The van der Waals surface area contributed by atoms with Gasteiger partial charge < -0.3 is 14.6 Å². The van der Waals surface area contributed by atoms with Crippen LogP contribution in [0.3, 0.4) is 0 Å². The molecule has 0 radical (unpaired) electrons. The molecule has 0 amide bonds. The first-order valence-corrected chi connectivity index (χ1v) is 9.64. The van der Waals surface area contributed by atoms with Crippen molar-refractivity contribution in [2.24, 2.45) is 10.2 Å². The minimum Gasteiger partial charge on any atom is -0.506 e. The van der Waals surface area contributed by atoms with Gasteiger partial charge in [-0.2, -0.15) is 8.42 Å². The summed E-state index contributed by atoms with van der Waals surface area (Å²) in [6.45, 7) is 0. The van der Waals surface area contributed by atoms with Crippen LogP contribution in [0, 0.1) is 10.1 Å². The van der Waals surface area contributed by atoms with Crippen LogP contribution in [0.2, 0.25) is 0 Å². The number of aromatic hydroxyl groups is 2. The molecule has 4 aromatic rings. The molecular weight excluding hydrogens is 418 g/mol. The highest BCUT2D eigenvalue weighted by molar-refractivity contribution is 7.86. The second kappa shape index (κ2) is 6.79. The summed E-state index contributed by atoms with van der Waals surface area (Å²) in [5, 5.41) is 40.0. The quantitative estimate of drug-likeness (QED) is 0.183. The monoisotopic (exact) mass is 429 g/mol. The van der Waals surface area contributed by atoms with Crippen molar-refractivity contribution in [1.82, 2.24) is 0 Å². The maximum Gasteiger partial charge on any atom is 0.298 e. The second-order valence-electron chi connectivity index (χ2n) is 6.15. The molecule has 152 valence electrons. The fourth-order valence-electron chi connectivity index (χ4n) is 2.95. The summed E-state index contributed by atoms with van der Waals surface area (Å²) in [7, 11) is -4.98. The Morgan fingerprint density at radius 3 is 2.43 bits per heavy atom. The van der Waals surface area contributed by atoms with Gasteiger partial charge in [0.2, 0.25) is 0 Å². The molecule has 30 heavy (non-hydrogen) atoms. The normalized spacial score (nSPS) is 12.2. The lowest BCUT2D eigenvalue weighted by atomic mass is 10.1. The highest BCUT2D eigenvalue weighted by Crippen LogP contribution is 2.43. The van der Waals surface area contributed by atoms with Gasteiger partial charge in [0.05, 0.1) is 10.3 Å². The molecule has 3 aromatic carbocycles. The van der Waals surface area contributed by atoms with Crippen LogP contribution in [-0.4, -0.2) is 28.1 Å². The number of furan rings is 1. The molecule has 12 heteroatoms. The predicted octanol–water partition coefficient (Wildman–Crippen LogP) is 4.57. The third kappa shape index (κ3) is 3.19. The van der Waals surface area contributed by atoms with Gasteiger partial charge in [0.25, 0.3) is 15.8 Å². The lowest BCUT2D eigenvalue weighted by molar-refractivity contribution is -0.385. The summed E-state index contributed by atoms with van der Waals surface area (Å²) in [5.74, 6) is -1.33. The zero-order chi connectivity index (χ0) is 21.6. The number of azo groups is 1. The fraction of sp³-hybridized carbons (Fsp3) is 0. The van der Waals surface area contributed by atoms with E-state index >= 15 is 0 Å². The van der Waals surface area contributed by atoms with E-state index < -0.39 is 37.1 Å². The van der Waals surface area contributed by atoms with Gasteiger partial charge in [-0.25, -0.2) is 0 Å². The summed E-state index contributed by atoms with van der Waals surface area (Å²) in [6.07, 6.45) is 0. The molecule has 4 rings (SSSR count). The first-order chi connectivity index (χ1) is 14.2. The van der Waals surface area contributed by atoms with Gasteiger partial charge in [-0.3, -0.25) is 14.7 Å². The van der Waals surface area contributed by atoms with Crippen LogP contribution in [0.1, 0.15) is 0 Å². The summed E-state index contributed by atoms with van der Waals surface area (Å²) < 4.78 is 37.8. The summed E-state index contributed by atoms with van der Waals surface area (Å²) >= 11 is 0. The molecule has 0 aliphatic heterocycles. The Labute approximate surface area is 167 Å². The van der Waals surface area contributed by atoms with E-state index in [4.69, 9.17) is 4.42 Å². The number of non-ortho nitro benzene ring substituents is 1. The Morgan fingerprint density at radius 1 is 1.00 bits per heavy atom.